The summed E-state index contributed by atoms with van der Waals surface area (Å²) in [4.78, 5) is 17.6. The Bertz CT molecular complexity index is 1430. The molecule has 2 saturated heterocycles. The molecule has 5 heteroatoms. The third-order valence-electron chi connectivity index (χ3n) is 10.2. The molecule has 2 aliphatic rings. The topological polar surface area (TPSA) is 42.0 Å². The van der Waals surface area contributed by atoms with Gasteiger partial charge in [0.2, 0.25) is 0 Å². The van der Waals surface area contributed by atoms with E-state index in [0.29, 0.717) is 23.3 Å². The molecule has 0 radical (unpaired) electrons. The normalized spacial score (nSPS) is 15.8. The summed E-state index contributed by atoms with van der Waals surface area (Å²) >= 11 is 0. The molecule has 0 aromatic heterocycles. The quantitative estimate of drug-likeness (QED) is 0.113. The second-order valence-electron chi connectivity index (χ2n) is 13.8. The summed E-state index contributed by atoms with van der Waals surface area (Å²) in [5.74, 6) is 2.35. The molecule has 6 rings (SSSR count). The van der Waals surface area contributed by atoms with Crippen LogP contribution >= 0.6 is 0 Å². The summed E-state index contributed by atoms with van der Waals surface area (Å²) in [5.41, 5.74) is 8.09. The van der Waals surface area contributed by atoms with Gasteiger partial charge >= 0.3 is 6.16 Å². The van der Waals surface area contributed by atoms with Gasteiger partial charge in [0.05, 0.1) is 0 Å². The summed E-state index contributed by atoms with van der Waals surface area (Å²) in [6.45, 7) is 8.84. The summed E-state index contributed by atoms with van der Waals surface area (Å²) in [6, 6.07) is 34.0. The van der Waals surface area contributed by atoms with E-state index in [1.807, 2.05) is 24.3 Å². The van der Waals surface area contributed by atoms with Crippen LogP contribution in [0.15, 0.2) is 97.1 Å². The van der Waals surface area contributed by atoms with Crippen molar-refractivity contribution in [3.8, 4) is 11.5 Å². The summed E-state index contributed by atoms with van der Waals surface area (Å²) in [6.07, 6.45) is 10.8. The first-order chi connectivity index (χ1) is 23.5. The van der Waals surface area contributed by atoms with Crippen LogP contribution in [0.2, 0.25) is 0 Å². The number of hydrogen-bond acceptors (Lipinski definition) is 5. The molecule has 2 aliphatic heterocycles. The second kappa shape index (κ2) is 16.7. The van der Waals surface area contributed by atoms with Crippen LogP contribution in [0.3, 0.4) is 0 Å². The fourth-order valence-electron chi connectivity index (χ4n) is 7.38. The molecule has 4 aromatic rings. The van der Waals surface area contributed by atoms with Crippen molar-refractivity contribution in [2.75, 3.05) is 36.0 Å². The molecule has 4 aromatic carbocycles. The molecule has 2 heterocycles. The third kappa shape index (κ3) is 9.43. The van der Waals surface area contributed by atoms with E-state index in [2.05, 4.69) is 96.4 Å². The fourth-order valence-corrected chi connectivity index (χ4v) is 7.38. The van der Waals surface area contributed by atoms with E-state index in [4.69, 9.17) is 9.47 Å². The zero-order valence-electron chi connectivity index (χ0n) is 28.9. The van der Waals surface area contributed by atoms with Gasteiger partial charge in [0, 0.05) is 37.6 Å². The molecule has 2 fully saturated rings. The maximum absolute atomic E-state index is 12.5. The minimum atomic E-state index is -0.708. The molecule has 5 nitrogen and oxygen atoms in total. The van der Waals surface area contributed by atoms with Crippen molar-refractivity contribution in [2.24, 2.45) is 11.8 Å². The van der Waals surface area contributed by atoms with Gasteiger partial charge in [-0.25, -0.2) is 4.79 Å². The van der Waals surface area contributed by atoms with Crippen molar-refractivity contribution < 1.29 is 14.3 Å². The first-order valence-electron chi connectivity index (χ1n) is 18.3. The molecule has 0 spiro atoms. The smallest absolute Gasteiger partial charge is 0.395 e. The molecular weight excluding hydrogens is 592 g/mol. The highest BCUT2D eigenvalue weighted by atomic mass is 16.7. The van der Waals surface area contributed by atoms with E-state index in [9.17, 15) is 4.79 Å². The Kier molecular flexibility index (Phi) is 11.7. The van der Waals surface area contributed by atoms with Gasteiger partial charge in [-0.05, 0) is 134 Å². The molecular formula is C43H52N2O3. The van der Waals surface area contributed by atoms with Gasteiger partial charge in [0.1, 0.15) is 11.5 Å². The molecule has 0 saturated carbocycles. The monoisotopic (exact) mass is 644 g/mol. The van der Waals surface area contributed by atoms with E-state index in [-0.39, 0.29) is 0 Å². The Labute approximate surface area is 287 Å². The Morgan fingerprint density at radius 1 is 0.521 bits per heavy atom. The number of carbonyl (C=O) groups is 1. The van der Waals surface area contributed by atoms with E-state index < -0.39 is 6.16 Å². The van der Waals surface area contributed by atoms with E-state index in [1.54, 1.807) is 0 Å². The lowest BCUT2D eigenvalue weighted by Crippen LogP contribution is -2.34. The zero-order chi connectivity index (χ0) is 33.1. The van der Waals surface area contributed by atoms with Crippen LogP contribution in [-0.4, -0.2) is 32.3 Å². The third-order valence-corrected chi connectivity index (χ3v) is 10.2. The number of carbonyl (C=O) groups excluding carboxylic acids is 1. The predicted octanol–water partition coefficient (Wildman–Crippen LogP) is 10.1. The van der Waals surface area contributed by atoms with Crippen molar-refractivity contribution in [1.82, 2.24) is 0 Å². The van der Waals surface area contributed by atoms with Gasteiger partial charge in [-0.1, -0.05) is 75.2 Å². The first-order valence-corrected chi connectivity index (χ1v) is 18.3. The van der Waals surface area contributed by atoms with Gasteiger partial charge in [0.15, 0.2) is 0 Å². The Balaban J connectivity index is 0.894. The van der Waals surface area contributed by atoms with Crippen LogP contribution in [0.1, 0.15) is 74.6 Å². The van der Waals surface area contributed by atoms with E-state index >= 15 is 0 Å². The number of anilines is 2. The van der Waals surface area contributed by atoms with Crippen molar-refractivity contribution in [3.63, 3.8) is 0 Å². The number of ether oxygens (including phenoxy) is 2. The van der Waals surface area contributed by atoms with Crippen molar-refractivity contribution >= 4 is 17.5 Å². The highest BCUT2D eigenvalue weighted by Crippen LogP contribution is 2.29. The van der Waals surface area contributed by atoms with Crippen molar-refractivity contribution in [2.45, 2.75) is 78.1 Å². The molecule has 48 heavy (non-hydrogen) atoms. The Morgan fingerprint density at radius 2 is 0.854 bits per heavy atom. The van der Waals surface area contributed by atoms with Gasteiger partial charge in [-0.2, -0.15) is 0 Å². The highest BCUT2D eigenvalue weighted by Gasteiger charge is 2.21. The number of piperidine rings is 2. The average molecular weight is 645 g/mol. The van der Waals surface area contributed by atoms with Crippen LogP contribution in [0.5, 0.6) is 11.5 Å². The standard InChI is InChI=1S/C43H52N2O3/c1-3-5-33-7-15-39(16-8-33)44-27-23-37(24-28-44)31-35-11-19-41(20-12-35)47-43(46)48-42-21-13-36(14-22-42)32-38-25-29-45(30-26-38)40-17-9-34(6-4-2)10-18-40/h7-22,37-38H,3-6,23-32H2,1-2H3. The minimum absolute atomic E-state index is 0.505. The van der Waals surface area contributed by atoms with Crippen LogP contribution in [0.4, 0.5) is 16.2 Å². The van der Waals surface area contributed by atoms with Crippen LogP contribution < -0.4 is 19.3 Å². The van der Waals surface area contributed by atoms with Gasteiger partial charge in [0.25, 0.3) is 0 Å². The summed E-state index contributed by atoms with van der Waals surface area (Å²) in [5, 5.41) is 0. The zero-order valence-corrected chi connectivity index (χ0v) is 28.9. The van der Waals surface area contributed by atoms with Crippen LogP contribution in [-0.2, 0) is 25.7 Å². The number of hydrogen-bond donors (Lipinski definition) is 0. The predicted molar refractivity (Wildman–Crippen MR) is 198 cm³/mol. The second-order valence-corrected chi connectivity index (χ2v) is 13.8. The molecule has 252 valence electrons. The largest absolute Gasteiger partial charge is 0.519 e. The Morgan fingerprint density at radius 3 is 1.19 bits per heavy atom. The molecule has 0 aliphatic carbocycles. The van der Waals surface area contributed by atoms with Crippen molar-refractivity contribution in [3.05, 3.63) is 119 Å². The van der Waals surface area contributed by atoms with E-state index in [1.165, 1.54) is 72.2 Å². The Hall–Kier alpha value is -4.25. The lowest BCUT2D eigenvalue weighted by atomic mass is 9.90. The maximum atomic E-state index is 12.5. The highest BCUT2D eigenvalue weighted by molar-refractivity contribution is 5.67. The van der Waals surface area contributed by atoms with E-state index in [0.717, 1.165) is 51.9 Å². The van der Waals surface area contributed by atoms with Crippen LogP contribution in [0, 0.1) is 11.8 Å². The molecule has 0 unspecified atom stereocenters. The fraction of sp³-hybridized carbons (Fsp3) is 0.419. The summed E-state index contributed by atoms with van der Waals surface area (Å²) < 4.78 is 11.0. The SMILES string of the molecule is CCCc1ccc(N2CCC(Cc3ccc(OC(=O)Oc4ccc(CC5CCN(c6ccc(CCC)cc6)CC5)cc4)cc3)CC2)cc1. The van der Waals surface area contributed by atoms with Gasteiger partial charge in [-0.3, -0.25) is 0 Å². The summed E-state index contributed by atoms with van der Waals surface area (Å²) in [7, 11) is 0. The lowest BCUT2D eigenvalue weighted by Gasteiger charge is -2.34. The molecule has 0 bridgehead atoms. The number of benzene rings is 4. The molecule has 0 N–H and O–H groups in total. The van der Waals surface area contributed by atoms with Crippen molar-refractivity contribution in [1.29, 1.82) is 0 Å². The molecule has 0 atom stereocenters. The first kappa shape index (κ1) is 33.6. The van der Waals surface area contributed by atoms with Gasteiger partial charge < -0.3 is 19.3 Å². The number of nitrogens with zero attached hydrogens (tertiary/aromatic N) is 2. The lowest BCUT2D eigenvalue weighted by molar-refractivity contribution is 0.152. The maximum Gasteiger partial charge on any atom is 0.519 e. The number of aryl methyl sites for hydroxylation is 2. The number of rotatable bonds is 12. The average Bonchev–Trinajstić information content (AvgIpc) is 3.12. The van der Waals surface area contributed by atoms with Crippen LogP contribution in [0.25, 0.3) is 0 Å². The van der Waals surface area contributed by atoms with Gasteiger partial charge in [-0.15, -0.1) is 0 Å². The molecule has 0 amide bonds. The minimum Gasteiger partial charge on any atom is -0.395 e.